The van der Waals surface area contributed by atoms with Crippen molar-refractivity contribution in [1.29, 1.82) is 0 Å². The molecule has 0 amide bonds. The maximum Gasteiger partial charge on any atom is 0.340 e. The van der Waals surface area contributed by atoms with Crippen LogP contribution in [-0.4, -0.2) is 21.3 Å². The van der Waals surface area contributed by atoms with E-state index in [1.807, 2.05) is 18.2 Å². The number of hydrogen-bond donors (Lipinski definition) is 3. The summed E-state index contributed by atoms with van der Waals surface area (Å²) in [7, 11) is 0. The number of aliphatic hydroxyl groups is 2. The molecule has 0 bridgehead atoms. The smallest absolute Gasteiger partial charge is 0.340 e. The lowest BCUT2D eigenvalue weighted by molar-refractivity contribution is -0.162. The van der Waals surface area contributed by atoms with Gasteiger partial charge in [-0.2, -0.15) is 0 Å². The first-order valence-corrected chi connectivity index (χ1v) is 7.15. The molecule has 0 saturated carbocycles. The van der Waals surface area contributed by atoms with Gasteiger partial charge in [0.2, 0.25) is 0 Å². The van der Waals surface area contributed by atoms with E-state index in [1.54, 1.807) is 49.4 Å². The standard InChI is InChI=1S/C18H20O4/c1-17(21,14-8-4-2-5-9-14)12-13-18(22,16(19)20)15-10-6-3-7-11-15/h2-11,21-22H,12-13H2,1H3,(H,19,20). The molecule has 0 aliphatic rings. The first kappa shape index (κ1) is 16.2. The van der Waals surface area contributed by atoms with Crippen LogP contribution in [0.4, 0.5) is 0 Å². The molecule has 2 unspecified atom stereocenters. The van der Waals surface area contributed by atoms with E-state index in [0.717, 1.165) is 0 Å². The molecule has 3 N–H and O–H groups in total. The number of carbonyl (C=O) groups is 1. The van der Waals surface area contributed by atoms with Crippen LogP contribution in [0.3, 0.4) is 0 Å². The number of carboxylic acids is 1. The Morgan fingerprint density at radius 3 is 1.77 bits per heavy atom. The molecule has 2 atom stereocenters. The van der Waals surface area contributed by atoms with E-state index < -0.39 is 17.2 Å². The second kappa shape index (κ2) is 6.30. The minimum atomic E-state index is -2.01. The van der Waals surface area contributed by atoms with E-state index in [-0.39, 0.29) is 12.8 Å². The van der Waals surface area contributed by atoms with Gasteiger partial charge in [-0.15, -0.1) is 0 Å². The Bertz CT molecular complexity index is 622. The summed E-state index contributed by atoms with van der Waals surface area (Å²) >= 11 is 0. The minimum Gasteiger partial charge on any atom is -0.479 e. The molecule has 0 saturated heterocycles. The number of rotatable bonds is 6. The fourth-order valence-corrected chi connectivity index (χ4v) is 2.45. The average Bonchev–Trinajstić information content (AvgIpc) is 2.54. The van der Waals surface area contributed by atoms with Crippen molar-refractivity contribution in [3.05, 3.63) is 71.8 Å². The van der Waals surface area contributed by atoms with Gasteiger partial charge in [-0.3, -0.25) is 0 Å². The first-order chi connectivity index (χ1) is 10.4. The van der Waals surface area contributed by atoms with Gasteiger partial charge in [0.05, 0.1) is 5.60 Å². The monoisotopic (exact) mass is 300 g/mol. The zero-order chi connectivity index (χ0) is 16.2. The van der Waals surface area contributed by atoms with Gasteiger partial charge in [0.1, 0.15) is 0 Å². The Morgan fingerprint density at radius 1 is 0.864 bits per heavy atom. The van der Waals surface area contributed by atoms with Crippen LogP contribution in [0, 0.1) is 0 Å². The number of aliphatic carboxylic acids is 1. The van der Waals surface area contributed by atoms with Crippen LogP contribution in [0.1, 0.15) is 30.9 Å². The molecule has 4 nitrogen and oxygen atoms in total. The van der Waals surface area contributed by atoms with Crippen molar-refractivity contribution in [2.75, 3.05) is 0 Å². The van der Waals surface area contributed by atoms with Crippen molar-refractivity contribution in [3.8, 4) is 0 Å². The quantitative estimate of drug-likeness (QED) is 0.766. The molecule has 0 radical (unpaired) electrons. The molecular weight excluding hydrogens is 280 g/mol. The van der Waals surface area contributed by atoms with Gasteiger partial charge < -0.3 is 15.3 Å². The molecule has 0 aliphatic carbocycles. The summed E-state index contributed by atoms with van der Waals surface area (Å²) in [5, 5.41) is 30.6. The summed E-state index contributed by atoms with van der Waals surface area (Å²) in [6, 6.07) is 17.3. The summed E-state index contributed by atoms with van der Waals surface area (Å²) < 4.78 is 0. The van der Waals surface area contributed by atoms with E-state index >= 15 is 0 Å². The number of benzene rings is 2. The second-order valence-electron chi connectivity index (χ2n) is 5.67. The summed E-state index contributed by atoms with van der Waals surface area (Å²) in [5.74, 6) is -1.32. The minimum absolute atomic E-state index is 0.0890. The van der Waals surface area contributed by atoms with Gasteiger partial charge in [0.15, 0.2) is 5.60 Å². The molecule has 0 aliphatic heterocycles. The van der Waals surface area contributed by atoms with Crippen LogP contribution in [0.25, 0.3) is 0 Å². The molecular formula is C18H20O4. The molecule has 22 heavy (non-hydrogen) atoms. The summed E-state index contributed by atoms with van der Waals surface area (Å²) in [6.45, 7) is 1.62. The van der Waals surface area contributed by atoms with Crippen LogP contribution >= 0.6 is 0 Å². The maximum atomic E-state index is 11.5. The van der Waals surface area contributed by atoms with Gasteiger partial charge in [0.25, 0.3) is 0 Å². The third kappa shape index (κ3) is 3.35. The maximum absolute atomic E-state index is 11.5. The number of carboxylic acid groups (broad SMARTS) is 1. The molecule has 2 rings (SSSR count). The van der Waals surface area contributed by atoms with E-state index in [9.17, 15) is 20.1 Å². The van der Waals surface area contributed by atoms with Crippen molar-refractivity contribution in [1.82, 2.24) is 0 Å². The lowest BCUT2D eigenvalue weighted by atomic mass is 9.82. The highest BCUT2D eigenvalue weighted by Gasteiger charge is 2.40. The van der Waals surface area contributed by atoms with Crippen molar-refractivity contribution >= 4 is 5.97 Å². The van der Waals surface area contributed by atoms with Gasteiger partial charge in [-0.1, -0.05) is 60.7 Å². The van der Waals surface area contributed by atoms with Gasteiger partial charge in [-0.25, -0.2) is 4.79 Å². The van der Waals surface area contributed by atoms with Crippen molar-refractivity contribution in [2.24, 2.45) is 0 Å². The fraction of sp³-hybridized carbons (Fsp3) is 0.278. The van der Waals surface area contributed by atoms with Crippen LogP contribution in [0.5, 0.6) is 0 Å². The van der Waals surface area contributed by atoms with E-state index in [2.05, 4.69) is 0 Å². The highest BCUT2D eigenvalue weighted by Crippen LogP contribution is 2.33. The predicted octanol–water partition coefficient (Wildman–Crippen LogP) is 2.65. The Balaban J connectivity index is 2.22. The second-order valence-corrected chi connectivity index (χ2v) is 5.67. The molecule has 2 aromatic carbocycles. The Hall–Kier alpha value is -2.17. The van der Waals surface area contributed by atoms with Gasteiger partial charge >= 0.3 is 5.97 Å². The number of hydrogen-bond acceptors (Lipinski definition) is 3. The van der Waals surface area contributed by atoms with Gasteiger partial charge in [-0.05, 0) is 30.9 Å². The highest BCUT2D eigenvalue weighted by atomic mass is 16.4. The Kier molecular flexibility index (Phi) is 4.64. The van der Waals surface area contributed by atoms with E-state index in [1.165, 1.54) is 0 Å². The predicted molar refractivity (Wildman–Crippen MR) is 83.2 cm³/mol. The van der Waals surface area contributed by atoms with Gasteiger partial charge in [0, 0.05) is 0 Å². The molecule has 0 fully saturated rings. The van der Waals surface area contributed by atoms with E-state index in [0.29, 0.717) is 11.1 Å². The fourth-order valence-electron chi connectivity index (χ4n) is 2.45. The Morgan fingerprint density at radius 2 is 1.32 bits per heavy atom. The van der Waals surface area contributed by atoms with Crippen molar-refractivity contribution in [3.63, 3.8) is 0 Å². The van der Waals surface area contributed by atoms with Crippen LogP contribution in [0.15, 0.2) is 60.7 Å². The largest absolute Gasteiger partial charge is 0.479 e. The summed E-state index contributed by atoms with van der Waals surface area (Å²) in [5.41, 5.74) is -2.22. The van der Waals surface area contributed by atoms with Crippen LogP contribution in [-0.2, 0) is 16.0 Å². The third-order valence-electron chi connectivity index (χ3n) is 3.97. The average molecular weight is 300 g/mol. The lowest BCUT2D eigenvalue weighted by Gasteiger charge is -2.30. The topological polar surface area (TPSA) is 77.8 Å². The first-order valence-electron chi connectivity index (χ1n) is 7.15. The normalized spacial score (nSPS) is 16.5. The van der Waals surface area contributed by atoms with Crippen LogP contribution in [0.2, 0.25) is 0 Å². The molecule has 116 valence electrons. The van der Waals surface area contributed by atoms with E-state index in [4.69, 9.17) is 0 Å². The Labute approximate surface area is 129 Å². The molecule has 0 heterocycles. The molecule has 0 aromatic heterocycles. The third-order valence-corrected chi connectivity index (χ3v) is 3.97. The zero-order valence-electron chi connectivity index (χ0n) is 12.4. The highest BCUT2D eigenvalue weighted by molar-refractivity contribution is 5.79. The SMILES string of the molecule is CC(O)(CCC(O)(C(=O)O)c1ccccc1)c1ccccc1. The summed E-state index contributed by atoms with van der Waals surface area (Å²) in [6.07, 6.45) is 0.0307. The van der Waals surface area contributed by atoms with Crippen molar-refractivity contribution in [2.45, 2.75) is 31.0 Å². The molecule has 0 spiro atoms. The zero-order valence-corrected chi connectivity index (χ0v) is 12.4. The molecule has 4 heteroatoms. The molecule has 2 aromatic rings. The summed E-state index contributed by atoms with van der Waals surface area (Å²) in [4.78, 5) is 11.5. The van der Waals surface area contributed by atoms with Crippen molar-refractivity contribution < 1.29 is 20.1 Å². The lowest BCUT2D eigenvalue weighted by Crippen LogP contribution is -2.37. The van der Waals surface area contributed by atoms with Crippen LogP contribution < -0.4 is 0 Å².